The summed E-state index contributed by atoms with van der Waals surface area (Å²) in [5.41, 5.74) is 5.24. The van der Waals surface area contributed by atoms with E-state index in [1.54, 1.807) is 0 Å². The number of nitrogen functional groups attached to an aromatic ring is 1. The van der Waals surface area contributed by atoms with Crippen molar-refractivity contribution in [1.82, 2.24) is 10.3 Å². The highest BCUT2D eigenvalue weighted by atomic mass is 32.1. The lowest BCUT2D eigenvalue weighted by Crippen LogP contribution is -2.58. The van der Waals surface area contributed by atoms with Gasteiger partial charge in [-0.15, -0.1) is 11.3 Å². The van der Waals surface area contributed by atoms with Gasteiger partial charge in [0, 0.05) is 30.9 Å². The molecule has 1 aliphatic heterocycles. The lowest BCUT2D eigenvalue weighted by Gasteiger charge is -2.35. The normalized spacial score (nSPS) is 23.5. The average Bonchev–Trinajstić information content (AvgIpc) is 2.87. The Balaban J connectivity index is 1.81. The van der Waals surface area contributed by atoms with Gasteiger partial charge in [-0.25, -0.2) is 9.78 Å². The standard InChI is InChI=1S/C14H19N3O4S/c15-13-16-10-8(2-1-3-9(10)22-13)11(18)17-14(12(19)20)4-6-21-7-5-14/h8H,1-7H2,(H2,15,16)(H,17,18)(H,19,20). The molecule has 2 aliphatic rings. The average molecular weight is 325 g/mol. The van der Waals surface area contributed by atoms with Gasteiger partial charge in [0.15, 0.2) is 5.13 Å². The van der Waals surface area contributed by atoms with Crippen molar-refractivity contribution >= 4 is 28.3 Å². The minimum Gasteiger partial charge on any atom is -0.480 e. The molecule has 1 aromatic rings. The number of nitrogens with zero attached hydrogens (tertiary/aromatic N) is 1. The highest BCUT2D eigenvalue weighted by Crippen LogP contribution is 2.36. The van der Waals surface area contributed by atoms with Gasteiger partial charge in [0.2, 0.25) is 5.91 Å². The van der Waals surface area contributed by atoms with Crippen LogP contribution in [0.5, 0.6) is 0 Å². The van der Waals surface area contributed by atoms with Gasteiger partial charge >= 0.3 is 5.97 Å². The Bertz CT molecular complexity index is 595. The zero-order chi connectivity index (χ0) is 15.7. The Morgan fingerprint density at radius 1 is 1.41 bits per heavy atom. The van der Waals surface area contributed by atoms with Crippen molar-refractivity contribution in [3.8, 4) is 0 Å². The SMILES string of the molecule is Nc1nc2c(s1)CCCC2C(=O)NC1(C(=O)O)CCOCC1. The predicted molar refractivity (Wildman–Crippen MR) is 80.8 cm³/mol. The van der Waals surface area contributed by atoms with Crippen molar-refractivity contribution < 1.29 is 19.4 Å². The molecule has 1 fully saturated rings. The molecule has 2 heterocycles. The second kappa shape index (κ2) is 5.85. The number of fused-ring (bicyclic) bond motifs is 1. The number of amides is 1. The molecule has 1 atom stereocenters. The number of aromatic nitrogens is 1. The molecule has 22 heavy (non-hydrogen) atoms. The van der Waals surface area contributed by atoms with Crippen LogP contribution in [0.4, 0.5) is 5.13 Å². The highest BCUT2D eigenvalue weighted by molar-refractivity contribution is 7.15. The molecule has 1 aliphatic carbocycles. The number of carboxylic acid groups (broad SMARTS) is 1. The Hall–Kier alpha value is -1.67. The topological polar surface area (TPSA) is 115 Å². The number of ether oxygens (including phenoxy) is 1. The Morgan fingerprint density at radius 2 is 2.14 bits per heavy atom. The van der Waals surface area contributed by atoms with Crippen LogP contribution in [0.15, 0.2) is 0 Å². The Morgan fingerprint density at radius 3 is 2.82 bits per heavy atom. The third-order valence-corrected chi connectivity index (χ3v) is 5.37. The molecule has 0 saturated carbocycles. The Kier molecular flexibility index (Phi) is 4.05. The van der Waals surface area contributed by atoms with E-state index in [2.05, 4.69) is 10.3 Å². The molecule has 0 bridgehead atoms. The monoisotopic (exact) mass is 325 g/mol. The smallest absolute Gasteiger partial charge is 0.329 e. The first kappa shape index (κ1) is 15.2. The third kappa shape index (κ3) is 2.68. The lowest BCUT2D eigenvalue weighted by molar-refractivity contribution is -0.152. The summed E-state index contributed by atoms with van der Waals surface area (Å²) >= 11 is 1.41. The molecular formula is C14H19N3O4S. The van der Waals surface area contributed by atoms with Crippen LogP contribution < -0.4 is 11.1 Å². The summed E-state index contributed by atoms with van der Waals surface area (Å²) in [6.07, 6.45) is 3.01. The van der Waals surface area contributed by atoms with E-state index in [9.17, 15) is 14.7 Å². The number of rotatable bonds is 3. The van der Waals surface area contributed by atoms with Crippen molar-refractivity contribution in [3.05, 3.63) is 10.6 Å². The van der Waals surface area contributed by atoms with Crippen LogP contribution in [0.2, 0.25) is 0 Å². The quantitative estimate of drug-likeness (QED) is 0.760. The fraction of sp³-hybridized carbons (Fsp3) is 0.643. The summed E-state index contributed by atoms with van der Waals surface area (Å²) in [4.78, 5) is 29.6. The number of aryl methyl sites for hydroxylation is 1. The van der Waals surface area contributed by atoms with Gasteiger partial charge in [0.25, 0.3) is 0 Å². The van der Waals surface area contributed by atoms with E-state index < -0.39 is 17.4 Å². The first-order chi connectivity index (χ1) is 10.5. The number of carboxylic acids is 1. The molecule has 1 amide bonds. The summed E-state index contributed by atoms with van der Waals surface area (Å²) in [5, 5.41) is 12.8. The number of carbonyl (C=O) groups excluding carboxylic acids is 1. The van der Waals surface area contributed by atoms with Crippen LogP contribution in [0.3, 0.4) is 0 Å². The molecule has 0 radical (unpaired) electrons. The zero-order valence-corrected chi connectivity index (χ0v) is 12.9. The molecule has 1 aromatic heterocycles. The lowest BCUT2D eigenvalue weighted by atomic mass is 9.86. The van der Waals surface area contributed by atoms with Crippen molar-refractivity contribution in [3.63, 3.8) is 0 Å². The largest absolute Gasteiger partial charge is 0.480 e. The number of anilines is 1. The van der Waals surface area contributed by atoms with E-state index in [0.29, 0.717) is 24.8 Å². The molecule has 1 unspecified atom stereocenters. The highest BCUT2D eigenvalue weighted by Gasteiger charge is 2.43. The van der Waals surface area contributed by atoms with Crippen molar-refractivity contribution in [1.29, 1.82) is 0 Å². The molecule has 0 spiro atoms. The van der Waals surface area contributed by atoms with Crippen LogP contribution >= 0.6 is 11.3 Å². The number of hydrogen-bond donors (Lipinski definition) is 3. The van der Waals surface area contributed by atoms with Crippen molar-refractivity contribution in [2.24, 2.45) is 0 Å². The number of thiazole rings is 1. The second-order valence-corrected chi connectivity index (χ2v) is 6.91. The van der Waals surface area contributed by atoms with E-state index in [1.165, 1.54) is 11.3 Å². The van der Waals surface area contributed by atoms with Crippen molar-refractivity contribution in [2.45, 2.75) is 43.6 Å². The fourth-order valence-corrected chi connectivity index (χ4v) is 4.06. The molecular weight excluding hydrogens is 306 g/mol. The molecule has 1 saturated heterocycles. The Labute approximate surface area is 131 Å². The van der Waals surface area contributed by atoms with Gasteiger partial charge in [-0.1, -0.05) is 0 Å². The van der Waals surface area contributed by atoms with Crippen molar-refractivity contribution in [2.75, 3.05) is 18.9 Å². The van der Waals surface area contributed by atoms with E-state index in [0.717, 1.165) is 23.4 Å². The minimum atomic E-state index is -1.23. The molecule has 8 heteroatoms. The van der Waals surface area contributed by atoms with Gasteiger partial charge in [-0.2, -0.15) is 0 Å². The minimum absolute atomic E-state index is 0.268. The second-order valence-electron chi connectivity index (χ2n) is 5.79. The summed E-state index contributed by atoms with van der Waals surface area (Å²) in [6, 6.07) is 0. The maximum Gasteiger partial charge on any atom is 0.329 e. The van der Waals surface area contributed by atoms with E-state index in [1.807, 2.05) is 0 Å². The fourth-order valence-electron chi connectivity index (χ4n) is 3.13. The van der Waals surface area contributed by atoms with E-state index in [4.69, 9.17) is 10.5 Å². The first-order valence-corrected chi connectivity index (χ1v) is 8.22. The van der Waals surface area contributed by atoms with Gasteiger partial charge in [0.05, 0.1) is 11.6 Å². The van der Waals surface area contributed by atoms with E-state index >= 15 is 0 Å². The molecule has 120 valence electrons. The summed E-state index contributed by atoms with van der Waals surface area (Å²) in [6.45, 7) is 0.679. The van der Waals surface area contributed by atoms with Gasteiger partial charge < -0.3 is 20.9 Å². The van der Waals surface area contributed by atoms with Crippen LogP contribution in [0, 0.1) is 0 Å². The summed E-state index contributed by atoms with van der Waals surface area (Å²) in [7, 11) is 0. The predicted octanol–water partition coefficient (Wildman–Crippen LogP) is 0.895. The van der Waals surface area contributed by atoms with Crippen LogP contribution in [0.1, 0.15) is 42.2 Å². The number of nitrogens with one attached hydrogen (secondary N) is 1. The molecule has 3 rings (SSSR count). The van der Waals surface area contributed by atoms with E-state index in [-0.39, 0.29) is 18.7 Å². The summed E-state index contributed by atoms with van der Waals surface area (Å²) < 4.78 is 5.22. The third-order valence-electron chi connectivity index (χ3n) is 4.41. The van der Waals surface area contributed by atoms with Gasteiger partial charge in [-0.3, -0.25) is 4.79 Å². The number of hydrogen-bond acceptors (Lipinski definition) is 6. The maximum absolute atomic E-state index is 12.7. The number of aliphatic carboxylic acids is 1. The van der Waals surface area contributed by atoms with Crippen LogP contribution in [-0.4, -0.2) is 40.7 Å². The number of nitrogens with two attached hydrogens (primary N) is 1. The number of carbonyl (C=O) groups is 2. The van der Waals surface area contributed by atoms with Gasteiger partial charge in [0.1, 0.15) is 5.54 Å². The zero-order valence-electron chi connectivity index (χ0n) is 12.1. The van der Waals surface area contributed by atoms with Crippen LogP contribution in [0.25, 0.3) is 0 Å². The maximum atomic E-state index is 12.7. The van der Waals surface area contributed by atoms with Gasteiger partial charge in [-0.05, 0) is 19.3 Å². The summed E-state index contributed by atoms with van der Waals surface area (Å²) in [5.74, 6) is -1.68. The molecule has 7 nitrogen and oxygen atoms in total. The molecule has 0 aromatic carbocycles. The molecule has 4 N–H and O–H groups in total. The van der Waals surface area contributed by atoms with Crippen LogP contribution in [-0.2, 0) is 20.7 Å². The first-order valence-electron chi connectivity index (χ1n) is 7.40.